The highest BCUT2D eigenvalue weighted by Crippen LogP contribution is 2.30. The third-order valence-electron chi connectivity index (χ3n) is 4.95. The van der Waals surface area contributed by atoms with E-state index >= 15 is 0 Å². The van der Waals surface area contributed by atoms with Crippen molar-refractivity contribution in [1.82, 2.24) is 15.2 Å². The van der Waals surface area contributed by atoms with E-state index in [2.05, 4.69) is 10.3 Å². The number of amides is 2. The molecule has 0 unspecified atom stereocenters. The number of pyridine rings is 1. The average Bonchev–Trinajstić information content (AvgIpc) is 2.82. The summed E-state index contributed by atoms with van der Waals surface area (Å²) in [5.74, 6) is 0.652. The van der Waals surface area contributed by atoms with Crippen molar-refractivity contribution in [2.45, 2.75) is 26.0 Å². The van der Waals surface area contributed by atoms with Gasteiger partial charge in [-0.3, -0.25) is 14.6 Å². The molecule has 7 nitrogen and oxygen atoms in total. The van der Waals surface area contributed by atoms with Gasteiger partial charge in [0.1, 0.15) is 17.0 Å². The minimum Gasteiger partial charge on any atom is -0.486 e. The van der Waals surface area contributed by atoms with Crippen molar-refractivity contribution in [2.75, 3.05) is 31.1 Å². The van der Waals surface area contributed by atoms with E-state index in [1.54, 1.807) is 17.2 Å². The molecule has 0 spiro atoms. The van der Waals surface area contributed by atoms with Crippen LogP contribution in [0.3, 0.4) is 0 Å². The van der Waals surface area contributed by atoms with Crippen LogP contribution in [0.5, 0.6) is 5.75 Å². The first kappa shape index (κ1) is 18.3. The highest BCUT2D eigenvalue weighted by atomic mass is 16.5. The van der Waals surface area contributed by atoms with Crippen LogP contribution in [0.25, 0.3) is 0 Å². The Balaban J connectivity index is 1.60. The molecule has 2 amide bonds. The Hall–Kier alpha value is -3.09. The summed E-state index contributed by atoms with van der Waals surface area (Å²) in [7, 11) is 0. The zero-order valence-electron chi connectivity index (χ0n) is 16.1. The number of fused-ring (bicyclic) bond motifs is 1. The Bertz CT molecular complexity index is 912. The van der Waals surface area contributed by atoms with Crippen LogP contribution < -0.4 is 15.0 Å². The average molecular weight is 380 g/mol. The Morgan fingerprint density at radius 1 is 1.21 bits per heavy atom. The topological polar surface area (TPSA) is 74.8 Å². The lowest BCUT2D eigenvalue weighted by molar-refractivity contribution is -0.120. The van der Waals surface area contributed by atoms with Gasteiger partial charge in [-0.2, -0.15) is 0 Å². The Morgan fingerprint density at radius 2 is 2.04 bits per heavy atom. The molecule has 146 valence electrons. The number of anilines is 1. The highest BCUT2D eigenvalue weighted by Gasteiger charge is 2.32. The summed E-state index contributed by atoms with van der Waals surface area (Å²) in [4.78, 5) is 33.0. The summed E-state index contributed by atoms with van der Waals surface area (Å²) >= 11 is 0. The number of carbonyl (C=O) groups is 2. The van der Waals surface area contributed by atoms with E-state index in [-0.39, 0.29) is 18.4 Å². The van der Waals surface area contributed by atoms with Gasteiger partial charge in [0.05, 0.1) is 13.1 Å². The molecule has 0 bridgehead atoms. The second-order valence-electron chi connectivity index (χ2n) is 7.80. The van der Waals surface area contributed by atoms with Crippen molar-refractivity contribution < 1.29 is 14.3 Å². The van der Waals surface area contributed by atoms with Crippen molar-refractivity contribution >= 4 is 17.5 Å². The molecule has 1 N–H and O–H groups in total. The molecular formula is C21H24N4O3. The van der Waals surface area contributed by atoms with Crippen molar-refractivity contribution in [3.63, 3.8) is 0 Å². The SMILES string of the molecule is CC1(C)CN(C(=O)c2cc(N3CCNC(=O)C3)ccn2)Cc2ccccc2O1. The predicted octanol–water partition coefficient (Wildman–Crippen LogP) is 1.83. The first-order valence-corrected chi connectivity index (χ1v) is 9.45. The second-order valence-corrected chi connectivity index (χ2v) is 7.80. The summed E-state index contributed by atoms with van der Waals surface area (Å²) in [6.45, 7) is 6.47. The zero-order valence-corrected chi connectivity index (χ0v) is 16.1. The standard InChI is InChI=1S/C21H24N4O3/c1-21(2)14-25(12-15-5-3-4-6-18(15)28-21)20(27)17-11-16(7-8-22-17)24-10-9-23-19(26)13-24/h3-8,11H,9-10,12-14H2,1-2H3,(H,23,26). The number of hydrogen-bond acceptors (Lipinski definition) is 5. The quantitative estimate of drug-likeness (QED) is 0.860. The van der Waals surface area contributed by atoms with Crippen molar-refractivity contribution in [2.24, 2.45) is 0 Å². The number of hydrogen-bond donors (Lipinski definition) is 1. The summed E-state index contributed by atoms with van der Waals surface area (Å²) < 4.78 is 6.12. The number of benzene rings is 1. The molecule has 7 heteroatoms. The van der Waals surface area contributed by atoms with Crippen molar-refractivity contribution in [3.8, 4) is 5.75 Å². The molecule has 3 heterocycles. The Morgan fingerprint density at radius 3 is 2.86 bits per heavy atom. The third-order valence-corrected chi connectivity index (χ3v) is 4.95. The molecule has 2 aromatic rings. The van der Waals surface area contributed by atoms with Crippen LogP contribution in [0.2, 0.25) is 0 Å². The monoisotopic (exact) mass is 380 g/mol. The van der Waals surface area contributed by atoms with Crippen LogP contribution in [-0.4, -0.2) is 53.5 Å². The van der Waals surface area contributed by atoms with Gasteiger partial charge >= 0.3 is 0 Å². The minimum atomic E-state index is -0.509. The number of nitrogens with one attached hydrogen (secondary N) is 1. The van der Waals surface area contributed by atoms with Crippen molar-refractivity contribution in [3.05, 3.63) is 53.9 Å². The Kier molecular flexibility index (Phi) is 4.66. The van der Waals surface area contributed by atoms with Crippen molar-refractivity contribution in [1.29, 1.82) is 0 Å². The Labute approximate surface area is 164 Å². The van der Waals surface area contributed by atoms with Crippen LogP contribution in [0.4, 0.5) is 5.69 Å². The van der Waals surface area contributed by atoms with Crippen LogP contribution in [-0.2, 0) is 11.3 Å². The fourth-order valence-corrected chi connectivity index (χ4v) is 3.68. The molecule has 1 saturated heterocycles. The van der Waals surface area contributed by atoms with E-state index in [1.807, 2.05) is 49.1 Å². The molecular weight excluding hydrogens is 356 g/mol. The van der Waals surface area contributed by atoms with Gasteiger partial charge in [0.15, 0.2) is 0 Å². The first-order chi connectivity index (χ1) is 13.4. The van der Waals surface area contributed by atoms with Gasteiger partial charge in [-0.15, -0.1) is 0 Å². The molecule has 28 heavy (non-hydrogen) atoms. The summed E-state index contributed by atoms with van der Waals surface area (Å²) in [6.07, 6.45) is 1.63. The lowest BCUT2D eigenvalue weighted by Gasteiger charge is -2.30. The number of piperazine rings is 1. The van der Waals surface area contributed by atoms with E-state index in [4.69, 9.17) is 4.74 Å². The van der Waals surface area contributed by atoms with E-state index in [9.17, 15) is 9.59 Å². The number of nitrogens with zero attached hydrogens (tertiary/aromatic N) is 3. The van der Waals surface area contributed by atoms with Gasteiger partial charge in [0, 0.05) is 37.1 Å². The highest BCUT2D eigenvalue weighted by molar-refractivity contribution is 5.93. The lowest BCUT2D eigenvalue weighted by atomic mass is 10.1. The fourth-order valence-electron chi connectivity index (χ4n) is 3.68. The maximum absolute atomic E-state index is 13.3. The van der Waals surface area contributed by atoms with Crippen LogP contribution in [0.1, 0.15) is 29.9 Å². The first-order valence-electron chi connectivity index (χ1n) is 9.45. The smallest absolute Gasteiger partial charge is 0.272 e. The van der Waals surface area contributed by atoms with E-state index < -0.39 is 5.60 Å². The van der Waals surface area contributed by atoms with Crippen LogP contribution in [0, 0.1) is 0 Å². The van der Waals surface area contributed by atoms with Gasteiger partial charge in [0.2, 0.25) is 5.91 Å². The minimum absolute atomic E-state index is 0.0148. The lowest BCUT2D eigenvalue weighted by Crippen LogP contribution is -2.47. The number of carbonyl (C=O) groups excluding carboxylic acids is 2. The fraction of sp³-hybridized carbons (Fsp3) is 0.381. The molecule has 1 aromatic heterocycles. The number of para-hydroxylation sites is 1. The molecule has 1 fully saturated rings. The van der Waals surface area contributed by atoms with Gasteiger partial charge in [0.25, 0.3) is 5.91 Å². The molecule has 0 saturated carbocycles. The van der Waals surface area contributed by atoms with Gasteiger partial charge < -0.3 is 19.9 Å². The summed E-state index contributed by atoms with van der Waals surface area (Å²) in [5.41, 5.74) is 1.67. The number of rotatable bonds is 2. The molecule has 1 aromatic carbocycles. The third kappa shape index (κ3) is 3.78. The predicted molar refractivity (Wildman–Crippen MR) is 105 cm³/mol. The summed E-state index contributed by atoms with van der Waals surface area (Å²) in [5, 5.41) is 2.81. The molecule has 0 atom stereocenters. The van der Waals surface area contributed by atoms with Gasteiger partial charge in [-0.1, -0.05) is 18.2 Å². The number of aromatic nitrogens is 1. The van der Waals surface area contributed by atoms with E-state index in [0.717, 1.165) is 17.0 Å². The maximum atomic E-state index is 13.3. The zero-order chi connectivity index (χ0) is 19.7. The molecule has 0 aliphatic carbocycles. The maximum Gasteiger partial charge on any atom is 0.272 e. The normalized spacial score (nSPS) is 18.6. The van der Waals surface area contributed by atoms with E-state index in [0.29, 0.717) is 31.9 Å². The van der Waals surface area contributed by atoms with Crippen LogP contribution >= 0.6 is 0 Å². The van der Waals surface area contributed by atoms with Crippen LogP contribution in [0.15, 0.2) is 42.6 Å². The van der Waals surface area contributed by atoms with Gasteiger partial charge in [-0.25, -0.2) is 0 Å². The molecule has 0 radical (unpaired) electrons. The summed E-state index contributed by atoms with van der Waals surface area (Å²) in [6, 6.07) is 11.4. The molecule has 2 aliphatic heterocycles. The largest absolute Gasteiger partial charge is 0.486 e. The number of ether oxygens (including phenoxy) is 1. The molecule has 4 rings (SSSR count). The van der Waals surface area contributed by atoms with Gasteiger partial charge in [-0.05, 0) is 32.0 Å². The second kappa shape index (κ2) is 7.14. The molecule has 2 aliphatic rings. The van der Waals surface area contributed by atoms with E-state index in [1.165, 1.54) is 0 Å².